The van der Waals surface area contributed by atoms with Crippen molar-refractivity contribution in [2.45, 2.75) is 126 Å². The molecular formula is C26H44O6S2. The second-order valence-electron chi connectivity index (χ2n) is 11.4. The van der Waals surface area contributed by atoms with Crippen molar-refractivity contribution in [3.63, 3.8) is 0 Å². The van der Waals surface area contributed by atoms with Crippen LogP contribution in [0.15, 0.2) is 12.2 Å². The molecule has 2 saturated heterocycles. The average Bonchev–Trinajstić information content (AvgIpc) is 2.75. The summed E-state index contributed by atoms with van der Waals surface area (Å²) in [6, 6.07) is 0. The minimum Gasteiger partial charge on any atom is -0.481 e. The van der Waals surface area contributed by atoms with Crippen LogP contribution < -0.4 is 0 Å². The van der Waals surface area contributed by atoms with Crippen molar-refractivity contribution in [2.75, 3.05) is 0 Å². The smallest absolute Gasteiger partial charge is 0.309 e. The maximum absolute atomic E-state index is 13.1. The predicted octanol–water partition coefficient (Wildman–Crippen LogP) is 5.44. The second kappa shape index (κ2) is 12.8. The minimum atomic E-state index is -0.987. The molecule has 2 N–H and O–H groups in total. The van der Waals surface area contributed by atoms with Crippen LogP contribution in [0.4, 0.5) is 0 Å². The molecule has 196 valence electrons. The van der Waals surface area contributed by atoms with Gasteiger partial charge in [-0.1, -0.05) is 37.8 Å². The summed E-state index contributed by atoms with van der Waals surface area (Å²) in [5.41, 5.74) is -1.50. The van der Waals surface area contributed by atoms with Gasteiger partial charge in [-0.2, -0.15) is 0 Å². The highest BCUT2D eigenvalue weighted by atomic mass is 32.2. The maximum atomic E-state index is 13.1. The molecule has 0 bridgehead atoms. The Kier molecular flexibility index (Phi) is 11.0. The second-order valence-corrected chi connectivity index (χ2v) is 15.2. The van der Waals surface area contributed by atoms with Gasteiger partial charge in [0.2, 0.25) is 0 Å². The molecule has 0 radical (unpaired) electrons. The molecule has 2 rings (SSSR count). The molecule has 2 aliphatic heterocycles. The summed E-state index contributed by atoms with van der Waals surface area (Å²) in [4.78, 5) is 22.6. The van der Waals surface area contributed by atoms with Gasteiger partial charge in [-0.3, -0.25) is 18.0 Å². The molecule has 0 amide bonds. The Labute approximate surface area is 210 Å². The maximum Gasteiger partial charge on any atom is 0.309 e. The molecule has 34 heavy (non-hydrogen) atoms. The Balaban J connectivity index is 1.87. The van der Waals surface area contributed by atoms with Crippen molar-refractivity contribution in [1.29, 1.82) is 0 Å². The van der Waals surface area contributed by atoms with Gasteiger partial charge in [0, 0.05) is 32.1 Å². The van der Waals surface area contributed by atoms with Gasteiger partial charge in [0.05, 0.1) is 21.3 Å². The average molecular weight is 517 g/mol. The third-order valence-electron chi connectivity index (χ3n) is 7.64. The van der Waals surface area contributed by atoms with Crippen LogP contribution in [0.3, 0.4) is 0 Å². The quantitative estimate of drug-likeness (QED) is 0.334. The first-order valence-corrected chi connectivity index (χ1v) is 15.3. The van der Waals surface area contributed by atoms with Gasteiger partial charge in [0.25, 0.3) is 0 Å². The van der Waals surface area contributed by atoms with Gasteiger partial charge < -0.3 is 10.2 Å². The van der Waals surface area contributed by atoms with Crippen molar-refractivity contribution in [3.8, 4) is 0 Å². The lowest BCUT2D eigenvalue weighted by molar-refractivity contribution is -0.148. The molecule has 6 unspecified atom stereocenters. The van der Waals surface area contributed by atoms with Crippen LogP contribution in [-0.2, 0) is 31.2 Å². The lowest BCUT2D eigenvalue weighted by Crippen LogP contribution is -2.32. The Hall–Kier alpha value is -1.02. The third-order valence-corrected chi connectivity index (χ3v) is 11.9. The normalized spacial score (nSPS) is 30.9. The lowest BCUT2D eigenvalue weighted by Gasteiger charge is -2.30. The van der Waals surface area contributed by atoms with Crippen LogP contribution in [0.25, 0.3) is 0 Å². The van der Waals surface area contributed by atoms with Crippen molar-refractivity contribution < 1.29 is 28.2 Å². The van der Waals surface area contributed by atoms with Gasteiger partial charge in [0.1, 0.15) is 0 Å². The lowest BCUT2D eigenvalue weighted by atomic mass is 9.87. The molecule has 0 saturated carbocycles. The molecule has 0 aromatic carbocycles. The molecule has 2 aliphatic rings. The zero-order valence-electron chi connectivity index (χ0n) is 21.3. The number of carboxylic acids is 2. The predicted molar refractivity (Wildman–Crippen MR) is 139 cm³/mol. The molecule has 0 aliphatic carbocycles. The molecule has 6 atom stereocenters. The molecule has 2 fully saturated rings. The fourth-order valence-electron chi connectivity index (χ4n) is 4.93. The zero-order valence-corrected chi connectivity index (χ0v) is 22.9. The zero-order chi connectivity index (χ0) is 25.5. The first-order chi connectivity index (χ1) is 15.8. The first-order valence-electron chi connectivity index (χ1n) is 12.8. The molecule has 2 heterocycles. The van der Waals surface area contributed by atoms with Crippen LogP contribution in [0.2, 0.25) is 0 Å². The fourth-order valence-corrected chi connectivity index (χ4v) is 8.80. The van der Waals surface area contributed by atoms with E-state index in [0.717, 1.165) is 64.2 Å². The van der Waals surface area contributed by atoms with E-state index in [1.165, 1.54) is 0 Å². The molecule has 8 heteroatoms. The van der Waals surface area contributed by atoms with E-state index in [-0.39, 0.29) is 21.0 Å². The van der Waals surface area contributed by atoms with E-state index < -0.39 is 44.4 Å². The Morgan fingerprint density at radius 2 is 1.09 bits per heavy atom. The highest BCUT2D eigenvalue weighted by Crippen LogP contribution is 2.32. The van der Waals surface area contributed by atoms with E-state index in [1.54, 1.807) is 27.7 Å². The Morgan fingerprint density at radius 1 is 0.735 bits per heavy atom. The van der Waals surface area contributed by atoms with Crippen molar-refractivity contribution in [1.82, 2.24) is 0 Å². The van der Waals surface area contributed by atoms with Crippen LogP contribution in [0.5, 0.6) is 0 Å². The van der Waals surface area contributed by atoms with E-state index >= 15 is 0 Å². The van der Waals surface area contributed by atoms with Crippen LogP contribution >= 0.6 is 0 Å². The van der Waals surface area contributed by atoms with E-state index in [2.05, 4.69) is 0 Å². The molecule has 0 aromatic heterocycles. The number of aliphatic carboxylic acids is 2. The number of hydrogen-bond donors (Lipinski definition) is 2. The van der Waals surface area contributed by atoms with Gasteiger partial charge in [-0.15, -0.1) is 0 Å². The van der Waals surface area contributed by atoms with Crippen LogP contribution in [0, 0.1) is 10.8 Å². The number of carbonyl (C=O) groups is 2. The number of carboxylic acid groups (broad SMARTS) is 2. The van der Waals surface area contributed by atoms with Crippen LogP contribution in [0.1, 0.15) is 105 Å². The summed E-state index contributed by atoms with van der Waals surface area (Å²) >= 11 is 0. The first kappa shape index (κ1) is 29.2. The summed E-state index contributed by atoms with van der Waals surface area (Å²) in [6.45, 7) is 6.96. The van der Waals surface area contributed by atoms with E-state index in [0.29, 0.717) is 12.8 Å². The molecule has 0 aromatic rings. The SMILES string of the molecule is CC(C)(CCCC1CCCC(/C=C/C2CCCC(CCCC(C)(C)C(=O)O)S2=O)S1=O)C(=O)O. The fraction of sp³-hybridized carbons (Fsp3) is 0.846. The van der Waals surface area contributed by atoms with Gasteiger partial charge in [-0.05, 0) is 79.1 Å². The minimum absolute atomic E-state index is 0.0139. The van der Waals surface area contributed by atoms with Crippen LogP contribution in [-0.4, -0.2) is 51.6 Å². The monoisotopic (exact) mass is 516 g/mol. The topological polar surface area (TPSA) is 109 Å². The van der Waals surface area contributed by atoms with Gasteiger partial charge >= 0.3 is 11.9 Å². The highest BCUT2D eigenvalue weighted by molar-refractivity contribution is 7.86. The highest BCUT2D eigenvalue weighted by Gasteiger charge is 2.33. The van der Waals surface area contributed by atoms with E-state index in [1.807, 2.05) is 12.2 Å². The van der Waals surface area contributed by atoms with E-state index in [4.69, 9.17) is 0 Å². The Bertz CT molecular complexity index is 724. The largest absolute Gasteiger partial charge is 0.481 e. The van der Waals surface area contributed by atoms with E-state index in [9.17, 15) is 28.2 Å². The summed E-state index contributed by atoms with van der Waals surface area (Å²) in [5.74, 6) is -1.58. The summed E-state index contributed by atoms with van der Waals surface area (Å²) < 4.78 is 26.3. The molecule has 0 spiro atoms. The van der Waals surface area contributed by atoms with Crippen molar-refractivity contribution in [2.24, 2.45) is 10.8 Å². The summed E-state index contributed by atoms with van der Waals surface area (Å²) in [6.07, 6.45) is 14.0. The summed E-state index contributed by atoms with van der Waals surface area (Å²) in [5, 5.41) is 18.8. The third kappa shape index (κ3) is 8.28. The standard InChI is InChI=1S/C26H44O6S2/c1-25(2,23(27)28)17-7-13-19-9-5-11-21(33(19)31)15-16-22-12-6-10-20(34(22)32)14-8-18-26(3,4)24(29)30/h15-16,19-22H,5-14,17-18H2,1-4H3,(H,27,28)(H,29,30)/b16-15+. The number of rotatable bonds is 12. The molecular weight excluding hydrogens is 472 g/mol. The Morgan fingerprint density at radius 3 is 1.41 bits per heavy atom. The van der Waals surface area contributed by atoms with Gasteiger partial charge in [-0.25, -0.2) is 0 Å². The summed E-state index contributed by atoms with van der Waals surface area (Å²) in [7, 11) is -1.97. The van der Waals surface area contributed by atoms with Crippen molar-refractivity contribution in [3.05, 3.63) is 12.2 Å². The number of hydrogen-bond acceptors (Lipinski definition) is 4. The van der Waals surface area contributed by atoms with Crippen molar-refractivity contribution >= 4 is 33.5 Å². The molecule has 6 nitrogen and oxygen atoms in total. The van der Waals surface area contributed by atoms with Gasteiger partial charge in [0.15, 0.2) is 0 Å².